The van der Waals surface area contributed by atoms with Crippen molar-refractivity contribution in [3.63, 3.8) is 0 Å². The standard InChI is InChI=1S/C13H18N4O3/c1-16(8-11(18)17-4-2-3-5-17)12-10(13(19)20)6-9(14)7-15-12/h6-7H,2-5,8,14H2,1H3,(H,19,20). The first-order chi connectivity index (χ1) is 9.49. The van der Waals surface area contributed by atoms with Crippen LogP contribution in [-0.4, -0.2) is 53.5 Å². The van der Waals surface area contributed by atoms with Crippen molar-refractivity contribution in [2.24, 2.45) is 0 Å². The lowest BCUT2D eigenvalue weighted by atomic mass is 10.2. The number of likely N-dealkylation sites (N-methyl/N-ethyl adjacent to an activating group) is 1. The molecule has 20 heavy (non-hydrogen) atoms. The number of hydrogen-bond donors (Lipinski definition) is 2. The highest BCUT2D eigenvalue weighted by atomic mass is 16.4. The van der Waals surface area contributed by atoms with Crippen molar-refractivity contribution in [3.05, 3.63) is 17.8 Å². The molecule has 1 aliphatic rings. The molecule has 1 amide bonds. The molecular formula is C13H18N4O3. The number of pyridine rings is 1. The molecule has 3 N–H and O–H groups in total. The molecule has 2 heterocycles. The third-order valence-corrected chi connectivity index (χ3v) is 3.31. The molecule has 0 aromatic carbocycles. The molecular weight excluding hydrogens is 260 g/mol. The molecule has 0 spiro atoms. The first-order valence-corrected chi connectivity index (χ1v) is 6.47. The maximum atomic E-state index is 12.1. The summed E-state index contributed by atoms with van der Waals surface area (Å²) in [6.45, 7) is 1.65. The van der Waals surface area contributed by atoms with Crippen LogP contribution in [0, 0.1) is 0 Å². The molecule has 0 saturated carbocycles. The fourth-order valence-corrected chi connectivity index (χ4v) is 2.28. The van der Waals surface area contributed by atoms with Crippen LogP contribution in [0.2, 0.25) is 0 Å². The Morgan fingerprint density at radius 1 is 1.45 bits per heavy atom. The fourth-order valence-electron chi connectivity index (χ4n) is 2.28. The van der Waals surface area contributed by atoms with Gasteiger partial charge in [0.2, 0.25) is 5.91 Å². The van der Waals surface area contributed by atoms with Crippen molar-refractivity contribution in [2.75, 3.05) is 37.3 Å². The molecule has 7 nitrogen and oxygen atoms in total. The summed E-state index contributed by atoms with van der Waals surface area (Å²) >= 11 is 0. The van der Waals surface area contributed by atoms with Gasteiger partial charge in [0.1, 0.15) is 11.4 Å². The molecule has 1 aliphatic heterocycles. The van der Waals surface area contributed by atoms with Gasteiger partial charge in [-0.15, -0.1) is 0 Å². The van der Waals surface area contributed by atoms with Gasteiger partial charge >= 0.3 is 5.97 Å². The average molecular weight is 278 g/mol. The second kappa shape index (κ2) is 5.77. The van der Waals surface area contributed by atoms with Gasteiger partial charge in [-0.1, -0.05) is 0 Å². The first kappa shape index (κ1) is 14.1. The highest BCUT2D eigenvalue weighted by Gasteiger charge is 2.22. The summed E-state index contributed by atoms with van der Waals surface area (Å²) in [4.78, 5) is 30.6. The minimum absolute atomic E-state index is 0.00159. The smallest absolute Gasteiger partial charge is 0.339 e. The molecule has 0 atom stereocenters. The van der Waals surface area contributed by atoms with Crippen LogP contribution in [0.25, 0.3) is 0 Å². The van der Waals surface area contributed by atoms with E-state index in [1.165, 1.54) is 12.3 Å². The van der Waals surface area contributed by atoms with E-state index in [-0.39, 0.29) is 29.5 Å². The Balaban J connectivity index is 2.14. The van der Waals surface area contributed by atoms with Gasteiger partial charge in [-0.25, -0.2) is 9.78 Å². The second-order valence-electron chi connectivity index (χ2n) is 4.89. The van der Waals surface area contributed by atoms with Crippen LogP contribution in [0.15, 0.2) is 12.3 Å². The number of nitrogens with zero attached hydrogens (tertiary/aromatic N) is 3. The quantitative estimate of drug-likeness (QED) is 0.828. The summed E-state index contributed by atoms with van der Waals surface area (Å²) in [5, 5.41) is 9.17. The molecule has 0 unspecified atom stereocenters. The van der Waals surface area contributed by atoms with Crippen LogP contribution in [0.5, 0.6) is 0 Å². The number of carboxylic acid groups (broad SMARTS) is 1. The van der Waals surface area contributed by atoms with Crippen molar-refractivity contribution < 1.29 is 14.7 Å². The number of anilines is 2. The molecule has 108 valence electrons. The maximum absolute atomic E-state index is 12.1. The number of rotatable bonds is 4. The number of amides is 1. The van der Waals surface area contributed by atoms with Gasteiger partial charge in [-0.2, -0.15) is 0 Å². The van der Waals surface area contributed by atoms with Gasteiger partial charge < -0.3 is 20.6 Å². The Morgan fingerprint density at radius 3 is 2.70 bits per heavy atom. The predicted octanol–water partition coefficient (Wildman–Crippen LogP) is 0.421. The normalized spacial score (nSPS) is 14.3. The van der Waals surface area contributed by atoms with E-state index in [0.717, 1.165) is 25.9 Å². The Labute approximate surface area is 117 Å². The number of carboxylic acids is 1. The van der Waals surface area contributed by atoms with Crippen LogP contribution in [-0.2, 0) is 4.79 Å². The Hall–Kier alpha value is -2.31. The van der Waals surface area contributed by atoms with Crippen LogP contribution >= 0.6 is 0 Å². The summed E-state index contributed by atoms with van der Waals surface area (Å²) < 4.78 is 0. The highest BCUT2D eigenvalue weighted by molar-refractivity contribution is 5.95. The average Bonchev–Trinajstić information content (AvgIpc) is 2.92. The number of hydrogen-bond acceptors (Lipinski definition) is 5. The van der Waals surface area contributed by atoms with E-state index >= 15 is 0 Å². The lowest BCUT2D eigenvalue weighted by Crippen LogP contribution is -2.38. The second-order valence-corrected chi connectivity index (χ2v) is 4.89. The van der Waals surface area contributed by atoms with Crippen LogP contribution in [0.1, 0.15) is 23.2 Å². The first-order valence-electron chi connectivity index (χ1n) is 6.47. The lowest BCUT2D eigenvalue weighted by Gasteiger charge is -2.23. The Morgan fingerprint density at radius 2 is 2.10 bits per heavy atom. The van der Waals surface area contributed by atoms with E-state index in [2.05, 4.69) is 4.98 Å². The van der Waals surface area contributed by atoms with Crippen molar-refractivity contribution in [2.45, 2.75) is 12.8 Å². The third-order valence-electron chi connectivity index (χ3n) is 3.31. The van der Waals surface area contributed by atoms with Crippen molar-refractivity contribution in [1.29, 1.82) is 0 Å². The van der Waals surface area contributed by atoms with Gasteiger partial charge in [0.15, 0.2) is 0 Å². The number of nitrogens with two attached hydrogens (primary N) is 1. The number of carbonyl (C=O) groups excluding carboxylic acids is 1. The summed E-state index contributed by atoms with van der Waals surface area (Å²) in [6.07, 6.45) is 3.44. The Kier molecular flexibility index (Phi) is 4.07. The van der Waals surface area contributed by atoms with E-state index in [0.29, 0.717) is 0 Å². The zero-order chi connectivity index (χ0) is 14.7. The van der Waals surface area contributed by atoms with Gasteiger partial charge in [-0.05, 0) is 18.9 Å². The molecule has 1 aromatic heterocycles. The molecule has 1 aromatic rings. The fraction of sp³-hybridized carbons (Fsp3) is 0.462. The van der Waals surface area contributed by atoms with Crippen molar-refractivity contribution >= 4 is 23.4 Å². The zero-order valence-electron chi connectivity index (χ0n) is 11.4. The highest BCUT2D eigenvalue weighted by Crippen LogP contribution is 2.19. The number of aromatic nitrogens is 1. The number of nitrogen functional groups attached to an aromatic ring is 1. The van der Waals surface area contributed by atoms with Gasteiger partial charge in [0.05, 0.1) is 18.4 Å². The summed E-state index contributed by atoms with van der Waals surface area (Å²) in [6, 6.07) is 1.35. The summed E-state index contributed by atoms with van der Waals surface area (Å²) in [7, 11) is 1.65. The van der Waals surface area contributed by atoms with E-state index < -0.39 is 5.97 Å². The van der Waals surface area contributed by atoms with Crippen molar-refractivity contribution in [1.82, 2.24) is 9.88 Å². The van der Waals surface area contributed by atoms with Crippen LogP contribution in [0.4, 0.5) is 11.5 Å². The maximum Gasteiger partial charge on any atom is 0.339 e. The third kappa shape index (κ3) is 2.98. The molecule has 1 fully saturated rings. The lowest BCUT2D eigenvalue weighted by molar-refractivity contribution is -0.128. The summed E-state index contributed by atoms with van der Waals surface area (Å²) in [5.41, 5.74) is 5.83. The zero-order valence-corrected chi connectivity index (χ0v) is 11.4. The molecule has 0 radical (unpaired) electrons. The Bertz CT molecular complexity index is 526. The number of likely N-dealkylation sites (tertiary alicyclic amines) is 1. The molecule has 2 rings (SSSR count). The van der Waals surface area contributed by atoms with Gasteiger partial charge in [-0.3, -0.25) is 4.79 Å². The largest absolute Gasteiger partial charge is 0.478 e. The number of aromatic carboxylic acids is 1. The van der Waals surface area contributed by atoms with E-state index in [4.69, 9.17) is 10.8 Å². The molecule has 0 bridgehead atoms. The van der Waals surface area contributed by atoms with Crippen LogP contribution in [0.3, 0.4) is 0 Å². The van der Waals surface area contributed by atoms with E-state index in [1.807, 2.05) is 0 Å². The van der Waals surface area contributed by atoms with E-state index in [1.54, 1.807) is 16.8 Å². The van der Waals surface area contributed by atoms with Crippen molar-refractivity contribution in [3.8, 4) is 0 Å². The molecule has 0 aliphatic carbocycles. The number of carbonyl (C=O) groups is 2. The minimum atomic E-state index is -1.11. The van der Waals surface area contributed by atoms with Crippen LogP contribution < -0.4 is 10.6 Å². The minimum Gasteiger partial charge on any atom is -0.478 e. The molecule has 1 saturated heterocycles. The summed E-state index contributed by atoms with van der Waals surface area (Å²) in [5.74, 6) is -0.875. The monoisotopic (exact) mass is 278 g/mol. The topological polar surface area (TPSA) is 99.8 Å². The van der Waals surface area contributed by atoms with Gasteiger partial charge in [0.25, 0.3) is 0 Å². The predicted molar refractivity (Wildman–Crippen MR) is 74.7 cm³/mol. The molecule has 7 heteroatoms. The van der Waals surface area contributed by atoms with Gasteiger partial charge in [0, 0.05) is 20.1 Å². The SMILES string of the molecule is CN(CC(=O)N1CCCC1)c1ncc(N)cc1C(=O)O. The van der Waals surface area contributed by atoms with E-state index in [9.17, 15) is 9.59 Å².